The Hall–Kier alpha value is -1.49. The van der Waals surface area contributed by atoms with Crippen LogP contribution in [-0.2, 0) is 0 Å². The van der Waals surface area contributed by atoms with Gasteiger partial charge in [0.2, 0.25) is 0 Å². The summed E-state index contributed by atoms with van der Waals surface area (Å²) in [6, 6.07) is 0. The molecule has 0 atom stereocenters. The van der Waals surface area contributed by atoms with E-state index in [0.717, 1.165) is 0 Å². The molecule has 12 heavy (non-hydrogen) atoms. The molecule has 5 nitrogen and oxygen atoms in total. The molecule has 2 heterocycles. The van der Waals surface area contributed by atoms with Crippen LogP contribution in [0.4, 0.5) is 5.82 Å². The summed E-state index contributed by atoms with van der Waals surface area (Å²) in [5.74, 6) is 0.183. The van der Waals surface area contributed by atoms with Crippen molar-refractivity contribution in [3.05, 3.63) is 17.7 Å². The van der Waals surface area contributed by atoms with Gasteiger partial charge in [-0.25, -0.2) is 19.9 Å². The van der Waals surface area contributed by atoms with E-state index in [4.69, 9.17) is 17.3 Å². The minimum absolute atomic E-state index is 0.178. The number of aromatic nitrogens is 4. The van der Waals surface area contributed by atoms with Gasteiger partial charge in [-0.15, -0.1) is 0 Å². The number of nitrogens with two attached hydrogens (primary N) is 1. The third kappa shape index (κ3) is 1.04. The maximum atomic E-state index is 5.63. The Morgan fingerprint density at radius 2 is 2.17 bits per heavy atom. The molecular formula is C6H4ClN5. The van der Waals surface area contributed by atoms with E-state index in [9.17, 15) is 0 Å². The quantitative estimate of drug-likeness (QED) is 0.646. The molecule has 0 saturated heterocycles. The van der Waals surface area contributed by atoms with Crippen LogP contribution in [-0.4, -0.2) is 19.9 Å². The van der Waals surface area contributed by atoms with Crippen LogP contribution in [0.3, 0.4) is 0 Å². The van der Waals surface area contributed by atoms with E-state index < -0.39 is 0 Å². The van der Waals surface area contributed by atoms with E-state index in [-0.39, 0.29) is 11.0 Å². The Bertz CT molecular complexity index is 389. The lowest BCUT2D eigenvalue weighted by Crippen LogP contribution is -1.96. The van der Waals surface area contributed by atoms with Gasteiger partial charge in [0.1, 0.15) is 11.8 Å². The topological polar surface area (TPSA) is 77.6 Å². The Balaban J connectivity index is 2.84. The van der Waals surface area contributed by atoms with Crippen LogP contribution in [0.15, 0.2) is 12.5 Å². The average Bonchev–Trinajstić information content (AvgIpc) is 2.07. The zero-order valence-corrected chi connectivity index (χ0v) is 6.65. The summed E-state index contributed by atoms with van der Waals surface area (Å²) in [6.45, 7) is 0. The van der Waals surface area contributed by atoms with Crippen molar-refractivity contribution in [1.82, 2.24) is 19.9 Å². The van der Waals surface area contributed by atoms with Crippen LogP contribution in [0.25, 0.3) is 11.2 Å². The van der Waals surface area contributed by atoms with E-state index in [2.05, 4.69) is 19.9 Å². The number of nitrogens with zero attached hydrogens (tertiary/aromatic N) is 4. The van der Waals surface area contributed by atoms with Crippen molar-refractivity contribution in [3.8, 4) is 0 Å². The first-order valence-electron chi connectivity index (χ1n) is 3.16. The first-order valence-corrected chi connectivity index (χ1v) is 3.54. The van der Waals surface area contributed by atoms with Gasteiger partial charge in [0.25, 0.3) is 0 Å². The lowest BCUT2D eigenvalue weighted by molar-refractivity contribution is 1.15. The predicted octanol–water partition coefficient (Wildman–Crippen LogP) is 0.655. The molecule has 0 aliphatic rings. The second kappa shape index (κ2) is 2.53. The van der Waals surface area contributed by atoms with Crippen LogP contribution >= 0.6 is 11.6 Å². The van der Waals surface area contributed by atoms with Crippen molar-refractivity contribution in [2.75, 3.05) is 5.73 Å². The summed E-state index contributed by atoms with van der Waals surface area (Å²) >= 11 is 5.63. The van der Waals surface area contributed by atoms with Gasteiger partial charge in [-0.2, -0.15) is 0 Å². The smallest absolute Gasteiger partial charge is 0.183 e. The van der Waals surface area contributed by atoms with Gasteiger partial charge >= 0.3 is 0 Å². The SMILES string of the molecule is Nc1nc2ncncc2nc1Cl. The fourth-order valence-electron chi connectivity index (χ4n) is 0.804. The minimum atomic E-state index is 0.178. The molecule has 2 aromatic heterocycles. The summed E-state index contributed by atoms with van der Waals surface area (Å²) in [4.78, 5) is 15.5. The number of rotatable bonds is 0. The first kappa shape index (κ1) is 7.17. The molecule has 0 spiro atoms. The fraction of sp³-hybridized carbons (Fsp3) is 0. The molecule has 0 aliphatic heterocycles. The maximum Gasteiger partial charge on any atom is 0.183 e. The first-order chi connectivity index (χ1) is 5.77. The van der Waals surface area contributed by atoms with Gasteiger partial charge in [-0.05, 0) is 0 Å². The zero-order valence-electron chi connectivity index (χ0n) is 5.90. The third-order valence-electron chi connectivity index (χ3n) is 1.33. The van der Waals surface area contributed by atoms with Crippen LogP contribution in [0.2, 0.25) is 5.15 Å². The average molecular weight is 182 g/mol. The lowest BCUT2D eigenvalue weighted by Gasteiger charge is -1.97. The molecule has 0 aliphatic carbocycles. The van der Waals surface area contributed by atoms with Crippen LogP contribution in [0, 0.1) is 0 Å². The summed E-state index contributed by atoms with van der Waals surface area (Å²) in [5.41, 5.74) is 6.41. The van der Waals surface area contributed by atoms with Crippen molar-refractivity contribution in [1.29, 1.82) is 0 Å². The Morgan fingerprint density at radius 1 is 1.33 bits per heavy atom. The van der Waals surface area contributed by atoms with Crippen molar-refractivity contribution >= 4 is 28.6 Å². The van der Waals surface area contributed by atoms with Crippen LogP contribution < -0.4 is 5.73 Å². The number of hydrogen-bond acceptors (Lipinski definition) is 5. The van der Waals surface area contributed by atoms with Crippen molar-refractivity contribution in [2.45, 2.75) is 0 Å². The standard InChI is InChI=1S/C6H4ClN5/c7-4-5(8)12-6-3(11-4)1-9-2-10-6/h1-2H,(H2,8,9,10,12). The molecule has 2 N–H and O–H groups in total. The number of anilines is 1. The van der Waals surface area contributed by atoms with Gasteiger partial charge in [0, 0.05) is 0 Å². The van der Waals surface area contributed by atoms with Gasteiger partial charge < -0.3 is 5.73 Å². The minimum Gasteiger partial charge on any atom is -0.381 e. The molecule has 0 saturated carbocycles. The fourth-order valence-corrected chi connectivity index (χ4v) is 0.937. The Kier molecular flexibility index (Phi) is 1.51. The molecule has 0 bridgehead atoms. The number of fused-ring (bicyclic) bond motifs is 1. The molecular weight excluding hydrogens is 178 g/mol. The molecule has 0 amide bonds. The van der Waals surface area contributed by atoms with Gasteiger partial charge in [-0.3, -0.25) is 0 Å². The van der Waals surface area contributed by atoms with Gasteiger partial charge in [-0.1, -0.05) is 11.6 Å². The molecule has 60 valence electrons. The normalized spacial score (nSPS) is 10.4. The largest absolute Gasteiger partial charge is 0.381 e. The van der Waals surface area contributed by atoms with Crippen LogP contribution in [0.1, 0.15) is 0 Å². The summed E-state index contributed by atoms with van der Waals surface area (Å²) < 4.78 is 0. The molecule has 0 unspecified atom stereocenters. The highest BCUT2D eigenvalue weighted by Gasteiger charge is 2.02. The van der Waals surface area contributed by atoms with Gasteiger partial charge in [0.15, 0.2) is 16.6 Å². The van der Waals surface area contributed by atoms with E-state index in [1.807, 2.05) is 0 Å². The monoisotopic (exact) mass is 181 g/mol. The number of nitrogen functional groups attached to an aromatic ring is 1. The van der Waals surface area contributed by atoms with Crippen molar-refractivity contribution in [3.63, 3.8) is 0 Å². The lowest BCUT2D eigenvalue weighted by atomic mass is 10.5. The van der Waals surface area contributed by atoms with E-state index >= 15 is 0 Å². The Morgan fingerprint density at radius 3 is 3.00 bits per heavy atom. The second-order valence-corrected chi connectivity index (χ2v) is 2.49. The van der Waals surface area contributed by atoms with E-state index in [1.54, 1.807) is 0 Å². The summed E-state index contributed by atoms with van der Waals surface area (Å²) in [7, 11) is 0. The molecule has 0 aromatic carbocycles. The number of halogens is 1. The highest BCUT2D eigenvalue weighted by Crippen LogP contribution is 2.15. The highest BCUT2D eigenvalue weighted by atomic mass is 35.5. The zero-order chi connectivity index (χ0) is 8.55. The molecule has 6 heteroatoms. The summed E-state index contributed by atoms with van der Waals surface area (Å²) in [5, 5.41) is 0.178. The van der Waals surface area contributed by atoms with Crippen LogP contribution in [0.5, 0.6) is 0 Å². The second-order valence-electron chi connectivity index (χ2n) is 2.13. The van der Waals surface area contributed by atoms with Crippen molar-refractivity contribution < 1.29 is 0 Å². The predicted molar refractivity (Wildman–Crippen MR) is 44.6 cm³/mol. The van der Waals surface area contributed by atoms with E-state index in [0.29, 0.717) is 11.2 Å². The molecule has 0 fully saturated rings. The number of hydrogen-bond donors (Lipinski definition) is 1. The van der Waals surface area contributed by atoms with Crippen molar-refractivity contribution in [2.24, 2.45) is 0 Å². The highest BCUT2D eigenvalue weighted by molar-refractivity contribution is 6.31. The molecule has 0 radical (unpaired) electrons. The van der Waals surface area contributed by atoms with E-state index in [1.165, 1.54) is 12.5 Å². The Labute approximate surface area is 72.6 Å². The molecule has 2 rings (SSSR count). The summed E-state index contributed by atoms with van der Waals surface area (Å²) in [6.07, 6.45) is 2.91. The third-order valence-corrected chi connectivity index (χ3v) is 1.61. The van der Waals surface area contributed by atoms with Gasteiger partial charge in [0.05, 0.1) is 6.20 Å². The maximum absolute atomic E-state index is 5.63. The molecule has 2 aromatic rings.